The van der Waals surface area contributed by atoms with Crippen LogP contribution in [-0.4, -0.2) is 57.3 Å². The molecule has 0 aromatic rings. The van der Waals surface area contributed by atoms with Crippen LogP contribution in [0.2, 0.25) is 0 Å². The van der Waals surface area contributed by atoms with Gasteiger partial charge in [-0.3, -0.25) is 4.57 Å². The fourth-order valence-corrected chi connectivity index (χ4v) is 7.07. The first-order valence-corrected chi connectivity index (χ1v) is 22.9. The molecular weight excluding hydrogens is 669 g/mol. The minimum Gasteiger partial charge on any atom is -0.756 e. The second kappa shape index (κ2) is 34.4. The molecule has 0 aromatic heterocycles. The first-order valence-electron chi connectivity index (χ1n) is 21.5. The summed E-state index contributed by atoms with van der Waals surface area (Å²) in [5.74, 6) is -0.493. The van der Waals surface area contributed by atoms with Crippen LogP contribution >= 0.6 is 7.82 Å². The third-order valence-electron chi connectivity index (χ3n) is 9.89. The molecule has 8 heteroatoms. The molecule has 304 valence electrons. The van der Waals surface area contributed by atoms with Crippen molar-refractivity contribution in [1.82, 2.24) is 4.90 Å². The topological polar surface area (TPSA) is 80.3 Å². The zero-order valence-corrected chi connectivity index (χ0v) is 35.1. The van der Waals surface area contributed by atoms with Crippen LogP contribution < -0.4 is 4.89 Å². The Hall–Kier alpha value is -1.05. The summed E-state index contributed by atoms with van der Waals surface area (Å²) in [5.41, 5.74) is 0. The van der Waals surface area contributed by atoms with E-state index in [1.165, 1.54) is 128 Å². The van der Waals surface area contributed by atoms with Gasteiger partial charge in [-0.25, -0.2) is 0 Å². The molecule has 0 N–H and O–H groups in total. The fraction of sp³-hybridized carbons (Fsp3) is 0.818. The number of nitrogens with zero attached hydrogens (tertiary/aromatic N) is 1. The predicted molar refractivity (Wildman–Crippen MR) is 220 cm³/mol. The molecule has 1 rings (SSSR count). The van der Waals surface area contributed by atoms with Crippen LogP contribution in [0.25, 0.3) is 0 Å². The number of hydrogen-bond donors (Lipinski definition) is 0. The van der Waals surface area contributed by atoms with Gasteiger partial charge in [0.2, 0.25) is 0 Å². The standard InChI is InChI=1S/C44H82NO6P/c1-5-7-9-11-13-15-17-19-21-23-25-27-29-31-33-35-37-44(49-42-43(51-44)41-45(3)39-40-50-52(46,47)48-4)38-36-34-32-30-28-26-24-22-20-18-16-14-12-10-8-6-2/h13-16,19-22,43H,5-12,17-18,23-42H2,1-4H3,(H,46,47)/p-1/b15-13-,16-14-,21-19-,22-20-/t43-/m0/s1. The molecule has 0 radical (unpaired) electrons. The predicted octanol–water partition coefficient (Wildman–Crippen LogP) is 12.6. The summed E-state index contributed by atoms with van der Waals surface area (Å²) in [6.45, 7) is 6.29. The van der Waals surface area contributed by atoms with Crippen molar-refractivity contribution in [2.75, 3.05) is 40.5 Å². The van der Waals surface area contributed by atoms with Crippen molar-refractivity contribution in [1.29, 1.82) is 0 Å². The molecule has 0 aromatic carbocycles. The molecule has 1 saturated heterocycles. The molecular formula is C44H81NO6P-. The highest BCUT2D eigenvalue weighted by Crippen LogP contribution is 2.37. The van der Waals surface area contributed by atoms with Crippen molar-refractivity contribution in [3.63, 3.8) is 0 Å². The van der Waals surface area contributed by atoms with E-state index >= 15 is 0 Å². The average Bonchev–Trinajstić information content (AvgIpc) is 3.53. The Bertz CT molecular complexity index is 918. The SMILES string of the molecule is CCCCC/C=C\C/C=C\CCCCCCCCC1(CCCCCCCC/C=C\C/C=C\CCCCC)OC[C@H](CN(C)CCOP(=O)([O-])OC)O1. The molecule has 0 saturated carbocycles. The van der Waals surface area contributed by atoms with E-state index in [-0.39, 0.29) is 12.7 Å². The summed E-state index contributed by atoms with van der Waals surface area (Å²) < 4.78 is 33.9. The molecule has 1 heterocycles. The number of unbranched alkanes of at least 4 members (excludes halogenated alkanes) is 18. The van der Waals surface area contributed by atoms with Gasteiger partial charge in [0.25, 0.3) is 7.82 Å². The lowest BCUT2D eigenvalue weighted by atomic mass is 9.98. The van der Waals surface area contributed by atoms with Gasteiger partial charge in [0.15, 0.2) is 5.79 Å². The van der Waals surface area contributed by atoms with Gasteiger partial charge < -0.3 is 28.3 Å². The van der Waals surface area contributed by atoms with E-state index in [9.17, 15) is 9.46 Å². The van der Waals surface area contributed by atoms with Crippen LogP contribution in [0.3, 0.4) is 0 Å². The van der Waals surface area contributed by atoms with Gasteiger partial charge in [-0.1, -0.05) is 140 Å². The zero-order chi connectivity index (χ0) is 37.9. The normalized spacial score (nSPS) is 17.6. The van der Waals surface area contributed by atoms with E-state index < -0.39 is 13.6 Å². The summed E-state index contributed by atoms with van der Waals surface area (Å²) in [6, 6.07) is 0. The third kappa shape index (κ3) is 29.3. The minimum absolute atomic E-state index is 0.0271. The van der Waals surface area contributed by atoms with Crippen LogP contribution in [-0.2, 0) is 23.1 Å². The number of rotatable bonds is 37. The average molecular weight is 751 g/mol. The first-order chi connectivity index (χ1) is 25.4. The second-order valence-corrected chi connectivity index (χ2v) is 16.4. The van der Waals surface area contributed by atoms with Crippen LogP contribution in [0.5, 0.6) is 0 Å². The zero-order valence-electron chi connectivity index (χ0n) is 34.3. The number of phosphoric acid groups is 1. The molecule has 1 fully saturated rings. The molecule has 52 heavy (non-hydrogen) atoms. The fourth-order valence-electron chi connectivity index (χ4n) is 6.66. The molecule has 0 amide bonds. The van der Waals surface area contributed by atoms with E-state index in [1.54, 1.807) is 0 Å². The van der Waals surface area contributed by atoms with Crippen molar-refractivity contribution in [3.05, 3.63) is 48.6 Å². The number of likely N-dealkylation sites (N-methyl/N-ethyl adjacent to an activating group) is 1. The lowest BCUT2D eigenvalue weighted by Crippen LogP contribution is -2.36. The maximum absolute atomic E-state index is 11.5. The van der Waals surface area contributed by atoms with Gasteiger partial charge in [0.1, 0.15) is 0 Å². The molecule has 1 unspecified atom stereocenters. The summed E-state index contributed by atoms with van der Waals surface area (Å²) in [4.78, 5) is 13.5. The molecule has 0 spiro atoms. The van der Waals surface area contributed by atoms with E-state index in [0.717, 1.165) is 45.6 Å². The number of allylic oxidation sites excluding steroid dienone is 8. The van der Waals surface area contributed by atoms with Gasteiger partial charge >= 0.3 is 0 Å². The highest BCUT2D eigenvalue weighted by atomic mass is 31.2. The Morgan fingerprint density at radius 1 is 0.673 bits per heavy atom. The highest BCUT2D eigenvalue weighted by molar-refractivity contribution is 7.45. The maximum Gasteiger partial charge on any atom is 0.267 e. The van der Waals surface area contributed by atoms with E-state index in [0.29, 0.717) is 19.7 Å². The largest absolute Gasteiger partial charge is 0.756 e. The lowest BCUT2D eigenvalue weighted by molar-refractivity contribution is -0.223. The minimum atomic E-state index is -4.20. The quantitative estimate of drug-likeness (QED) is 0.0355. The molecule has 0 bridgehead atoms. The van der Waals surface area contributed by atoms with Crippen LogP contribution in [0.15, 0.2) is 48.6 Å². The van der Waals surface area contributed by atoms with Crippen LogP contribution in [0.4, 0.5) is 0 Å². The van der Waals surface area contributed by atoms with Crippen LogP contribution in [0.1, 0.15) is 181 Å². The monoisotopic (exact) mass is 751 g/mol. The van der Waals surface area contributed by atoms with Crippen molar-refractivity contribution < 1.29 is 28.0 Å². The van der Waals surface area contributed by atoms with Crippen molar-refractivity contribution in [2.45, 2.75) is 193 Å². The maximum atomic E-state index is 11.5. The Balaban J connectivity index is 2.34. The molecule has 1 aliphatic rings. The van der Waals surface area contributed by atoms with E-state index in [2.05, 4.69) is 67.0 Å². The molecule has 7 nitrogen and oxygen atoms in total. The summed E-state index contributed by atoms with van der Waals surface area (Å²) in [5, 5.41) is 0. The van der Waals surface area contributed by atoms with Crippen molar-refractivity contribution >= 4 is 7.82 Å². The highest BCUT2D eigenvalue weighted by Gasteiger charge is 2.40. The van der Waals surface area contributed by atoms with E-state index in [4.69, 9.17) is 14.0 Å². The number of ether oxygens (including phenoxy) is 2. The van der Waals surface area contributed by atoms with E-state index in [1.807, 2.05) is 11.9 Å². The van der Waals surface area contributed by atoms with Gasteiger partial charge in [-0.2, -0.15) is 0 Å². The second-order valence-electron chi connectivity index (χ2n) is 14.9. The Kier molecular flexibility index (Phi) is 32.4. The van der Waals surface area contributed by atoms with Gasteiger partial charge in [0.05, 0.1) is 19.3 Å². The first kappa shape index (κ1) is 49.0. The number of phosphoric ester groups is 1. The Labute approximate surface area is 321 Å². The smallest absolute Gasteiger partial charge is 0.267 e. The Morgan fingerprint density at radius 2 is 1.10 bits per heavy atom. The van der Waals surface area contributed by atoms with Gasteiger partial charge in [0, 0.05) is 33.0 Å². The Morgan fingerprint density at radius 3 is 1.54 bits per heavy atom. The number of hydrogen-bond acceptors (Lipinski definition) is 7. The molecule has 0 aliphatic carbocycles. The van der Waals surface area contributed by atoms with Crippen molar-refractivity contribution in [2.24, 2.45) is 0 Å². The van der Waals surface area contributed by atoms with Gasteiger partial charge in [-0.15, -0.1) is 0 Å². The summed E-state index contributed by atoms with van der Waals surface area (Å²) in [7, 11) is -1.13. The summed E-state index contributed by atoms with van der Waals surface area (Å²) in [6.07, 6.45) is 50.3. The van der Waals surface area contributed by atoms with Gasteiger partial charge in [-0.05, 0) is 84.1 Å². The van der Waals surface area contributed by atoms with Crippen molar-refractivity contribution in [3.8, 4) is 0 Å². The lowest BCUT2D eigenvalue weighted by Gasteiger charge is -2.29. The summed E-state index contributed by atoms with van der Waals surface area (Å²) >= 11 is 0. The molecule has 2 atom stereocenters. The molecule has 1 aliphatic heterocycles. The third-order valence-corrected chi connectivity index (χ3v) is 10.8. The van der Waals surface area contributed by atoms with Crippen LogP contribution in [0, 0.1) is 0 Å².